The number of aliphatic hydroxyl groups excluding tert-OH is 17. The van der Waals surface area contributed by atoms with Crippen LogP contribution < -0.4 is 0 Å². The normalized spacial score (nSPS) is 58.1. The standard InChI is InChI=1S/C56H92O29/c1-19-7-10-56(75-17-19)20(2)31-45(85-56)37(67)32-22-6-5-21-11-26(24(61)12-55(21,4)23(22)8-9-54(31,32)3)76-50-42(72)39(69)44(30(16-60)80-50)81-53-48(47(36(66)29(15-59)79-53)83-49-40(70)33(63)25(62)18-74-49)84-52-43(73)46(35(65)28(14-58)78-52)82-51-41(71)38(68)34(64)27(13-57)77-51/h19-53,57-73H,5-18H2,1-4H3/t19-,20+,21+,22-,23+,24-,25+,26-,27+,28+,29+,30+,31+,32-,33-,34+,35+,36+,37-,38-,39+,40+,41+,42+,43+,44+,45-,46-,47-,48+,49-,50+,51-,52-,53-,54+,55+,56-/m1/s1. The number of aliphatic hydroxyl groups is 17. The Morgan fingerprint density at radius 3 is 1.67 bits per heavy atom. The molecule has 85 heavy (non-hydrogen) atoms. The Bertz CT molecular complexity index is 2220. The summed E-state index contributed by atoms with van der Waals surface area (Å²) in [7, 11) is 0. The van der Waals surface area contributed by atoms with Crippen LogP contribution in [0.5, 0.6) is 0 Å². The maximum Gasteiger partial charge on any atom is 0.187 e. The topological polar surface area (TPSA) is 455 Å². The van der Waals surface area contributed by atoms with Crippen molar-refractivity contribution in [2.24, 2.45) is 52.3 Å². The van der Waals surface area contributed by atoms with Crippen LogP contribution in [-0.4, -0.2) is 304 Å². The van der Waals surface area contributed by atoms with Crippen LogP contribution in [-0.2, 0) is 56.8 Å². The van der Waals surface area contributed by atoms with Crippen molar-refractivity contribution >= 4 is 0 Å². The molecule has 490 valence electrons. The van der Waals surface area contributed by atoms with Gasteiger partial charge in [-0.1, -0.05) is 27.7 Å². The highest BCUT2D eigenvalue weighted by atomic mass is 16.8. The van der Waals surface area contributed by atoms with Crippen molar-refractivity contribution in [3.63, 3.8) is 0 Å². The molecule has 4 saturated carbocycles. The average molecular weight is 1230 g/mol. The number of rotatable bonds is 14. The largest absolute Gasteiger partial charge is 0.394 e. The van der Waals surface area contributed by atoms with Crippen molar-refractivity contribution in [1.82, 2.24) is 0 Å². The van der Waals surface area contributed by atoms with Gasteiger partial charge in [0.15, 0.2) is 37.2 Å². The van der Waals surface area contributed by atoms with Gasteiger partial charge >= 0.3 is 0 Å². The quantitative estimate of drug-likeness (QED) is 0.0719. The summed E-state index contributed by atoms with van der Waals surface area (Å²) in [6.07, 6.45) is -42.5. The Morgan fingerprint density at radius 1 is 0.447 bits per heavy atom. The van der Waals surface area contributed by atoms with Crippen molar-refractivity contribution in [2.75, 3.05) is 39.6 Å². The van der Waals surface area contributed by atoms with Gasteiger partial charge in [-0.2, -0.15) is 0 Å². The molecular weight excluding hydrogens is 1140 g/mol. The fourth-order valence-corrected chi connectivity index (χ4v) is 17.4. The lowest BCUT2D eigenvalue weighted by molar-refractivity contribution is -0.410. The van der Waals surface area contributed by atoms with Crippen molar-refractivity contribution in [1.29, 1.82) is 0 Å². The van der Waals surface area contributed by atoms with E-state index in [-0.39, 0.29) is 52.4 Å². The van der Waals surface area contributed by atoms with Crippen molar-refractivity contribution < 1.29 is 144 Å². The van der Waals surface area contributed by atoms with Gasteiger partial charge in [0, 0.05) is 18.3 Å². The maximum atomic E-state index is 12.3. The molecule has 7 aliphatic heterocycles. The second-order valence-corrected chi connectivity index (χ2v) is 26.9. The molecule has 0 amide bonds. The number of hydrogen-bond acceptors (Lipinski definition) is 29. The maximum absolute atomic E-state index is 12.3. The van der Waals surface area contributed by atoms with Crippen LogP contribution >= 0.6 is 0 Å². The molecule has 4 aliphatic carbocycles. The molecule has 7 saturated heterocycles. The Hall–Kier alpha value is -1.16. The Kier molecular flexibility index (Phi) is 19.5. The minimum atomic E-state index is -2.21. The van der Waals surface area contributed by atoms with Gasteiger partial charge < -0.3 is 144 Å². The first-order valence-electron chi connectivity index (χ1n) is 30.5. The fraction of sp³-hybridized carbons (Fsp3) is 1.00. The first kappa shape index (κ1) is 65.3. The minimum absolute atomic E-state index is 0.00749. The molecule has 0 bridgehead atoms. The van der Waals surface area contributed by atoms with Crippen LogP contribution in [0.2, 0.25) is 0 Å². The Labute approximate surface area is 491 Å². The summed E-state index contributed by atoms with van der Waals surface area (Å²) in [6.45, 7) is 5.21. The lowest BCUT2D eigenvalue weighted by Crippen LogP contribution is -2.69. The average Bonchev–Trinajstić information content (AvgIpc) is 1.59. The predicted molar refractivity (Wildman–Crippen MR) is 278 cm³/mol. The molecule has 1 spiro atoms. The number of ether oxygens (including phenoxy) is 12. The van der Waals surface area contributed by atoms with Crippen LogP contribution in [0.15, 0.2) is 0 Å². The van der Waals surface area contributed by atoms with E-state index in [9.17, 15) is 86.8 Å². The van der Waals surface area contributed by atoms with Gasteiger partial charge in [-0.05, 0) is 85.4 Å². The van der Waals surface area contributed by atoms with E-state index in [0.717, 1.165) is 38.5 Å². The zero-order valence-electron chi connectivity index (χ0n) is 48.1. The van der Waals surface area contributed by atoms with E-state index < -0.39 is 205 Å². The fourth-order valence-electron chi connectivity index (χ4n) is 17.4. The van der Waals surface area contributed by atoms with E-state index in [4.69, 9.17) is 56.8 Å². The lowest BCUT2D eigenvalue weighted by Gasteiger charge is -2.62. The van der Waals surface area contributed by atoms with Crippen LogP contribution in [0.4, 0.5) is 0 Å². The second-order valence-electron chi connectivity index (χ2n) is 26.9. The molecule has 0 radical (unpaired) electrons. The third kappa shape index (κ3) is 11.3. The van der Waals surface area contributed by atoms with Gasteiger partial charge in [-0.3, -0.25) is 0 Å². The summed E-state index contributed by atoms with van der Waals surface area (Å²) in [6, 6.07) is 0. The zero-order chi connectivity index (χ0) is 61.1. The highest BCUT2D eigenvalue weighted by Gasteiger charge is 2.73. The molecule has 0 aromatic heterocycles. The summed E-state index contributed by atoms with van der Waals surface area (Å²) in [5, 5.41) is 188. The summed E-state index contributed by atoms with van der Waals surface area (Å²) in [5.74, 6) is 0.388. The van der Waals surface area contributed by atoms with Gasteiger partial charge in [0.1, 0.15) is 116 Å². The van der Waals surface area contributed by atoms with Crippen LogP contribution in [0.1, 0.15) is 79.1 Å². The zero-order valence-corrected chi connectivity index (χ0v) is 48.1. The smallest absolute Gasteiger partial charge is 0.187 e. The number of fused-ring (bicyclic) bond motifs is 7. The van der Waals surface area contributed by atoms with Gasteiger partial charge in [-0.25, -0.2) is 0 Å². The molecule has 29 nitrogen and oxygen atoms in total. The van der Waals surface area contributed by atoms with Gasteiger partial charge in [0.25, 0.3) is 0 Å². The van der Waals surface area contributed by atoms with E-state index >= 15 is 0 Å². The lowest BCUT2D eigenvalue weighted by atomic mass is 9.44. The van der Waals surface area contributed by atoms with Gasteiger partial charge in [0.05, 0.1) is 64.1 Å². The summed E-state index contributed by atoms with van der Waals surface area (Å²) in [5.41, 5.74) is -0.531. The summed E-state index contributed by atoms with van der Waals surface area (Å²) >= 11 is 0. The summed E-state index contributed by atoms with van der Waals surface area (Å²) in [4.78, 5) is 0. The monoisotopic (exact) mass is 1230 g/mol. The molecule has 38 atom stereocenters. The van der Waals surface area contributed by atoms with Gasteiger partial charge in [0.2, 0.25) is 0 Å². The van der Waals surface area contributed by atoms with Crippen LogP contribution in [0.3, 0.4) is 0 Å². The van der Waals surface area contributed by atoms with Crippen LogP contribution in [0.25, 0.3) is 0 Å². The molecule has 0 unspecified atom stereocenters. The Morgan fingerprint density at radius 2 is 1.01 bits per heavy atom. The first-order chi connectivity index (χ1) is 40.3. The molecule has 11 aliphatic rings. The van der Waals surface area contributed by atoms with E-state index in [1.54, 1.807) is 0 Å². The molecule has 29 heteroatoms. The summed E-state index contributed by atoms with van der Waals surface area (Å²) < 4.78 is 72.8. The SMILES string of the molecule is C[C@@H]1CC[C@@]2(OC1)O[C@H]1[C@H](O)[C@H]3[C@@H]4CC[C@H]5C[C@@H](O[C@H]6O[C@@H](CO)[C@H](O[C@H]7O[C@@H](CO)[C@H](O)[C@@H](O[C@H]8OC[C@H](O)[C@@H](O)[C@@H]8O)[C@@H]7O[C@H]7O[C@@H](CO)[C@H](O)[C@@H](O[C@H]8O[C@@H](CO)[C@H](O)[C@@H](O)[C@@H]8O)[C@@H]7O)[C@@H](O)[C@@H]6O)[C@H](O)C[C@]5(C)[C@H]4CC[C@@]3(C)[C@H]1[C@@H]2C. The molecule has 17 N–H and O–H groups in total. The third-order valence-electron chi connectivity index (χ3n) is 22.2. The number of hydrogen-bond donors (Lipinski definition) is 17. The van der Waals surface area contributed by atoms with E-state index in [2.05, 4.69) is 27.7 Å². The molecule has 11 rings (SSSR count). The van der Waals surface area contributed by atoms with E-state index in [1.165, 1.54) is 0 Å². The van der Waals surface area contributed by atoms with Crippen molar-refractivity contribution in [2.45, 2.75) is 257 Å². The van der Waals surface area contributed by atoms with E-state index in [0.29, 0.717) is 25.4 Å². The minimum Gasteiger partial charge on any atom is -0.394 e. The van der Waals surface area contributed by atoms with Crippen molar-refractivity contribution in [3.8, 4) is 0 Å². The van der Waals surface area contributed by atoms with Crippen LogP contribution in [0, 0.1) is 52.3 Å². The van der Waals surface area contributed by atoms with Gasteiger partial charge in [-0.15, -0.1) is 0 Å². The first-order valence-corrected chi connectivity index (χ1v) is 30.5. The molecule has 11 fully saturated rings. The third-order valence-corrected chi connectivity index (χ3v) is 22.2. The molecule has 0 aromatic carbocycles. The molecule has 7 heterocycles. The second kappa shape index (κ2) is 25.4. The molecular formula is C56H92O29. The van der Waals surface area contributed by atoms with Crippen molar-refractivity contribution in [3.05, 3.63) is 0 Å². The molecule has 0 aromatic rings. The Balaban J connectivity index is 0.797. The van der Waals surface area contributed by atoms with E-state index in [1.807, 2.05) is 0 Å². The highest BCUT2D eigenvalue weighted by Crippen LogP contribution is 2.71. The highest BCUT2D eigenvalue weighted by molar-refractivity contribution is 5.19. The predicted octanol–water partition coefficient (Wildman–Crippen LogP) is -6.50.